The molecular weight excluding hydrogens is 278 g/mol. The van der Waals surface area contributed by atoms with Gasteiger partial charge in [0.25, 0.3) is 5.92 Å². The molecule has 0 bridgehead atoms. The van der Waals surface area contributed by atoms with Gasteiger partial charge in [0.15, 0.2) is 0 Å². The average Bonchev–Trinajstić information content (AvgIpc) is 2.30. The smallest absolute Gasteiger partial charge is 0.309 e. The van der Waals surface area contributed by atoms with Crippen molar-refractivity contribution in [1.29, 1.82) is 0 Å². The van der Waals surface area contributed by atoms with E-state index in [0.717, 1.165) is 3.79 Å². The molecule has 0 unspecified atom stereocenters. The number of alkyl halides is 2. The van der Waals surface area contributed by atoms with Crippen LogP contribution in [0.2, 0.25) is 0 Å². The predicted molar refractivity (Wildman–Crippen MR) is 52.9 cm³/mol. The van der Waals surface area contributed by atoms with Gasteiger partial charge in [-0.25, -0.2) is 8.78 Å². The van der Waals surface area contributed by atoms with Gasteiger partial charge in [0.1, 0.15) is 6.42 Å². The second kappa shape index (κ2) is 4.35. The van der Waals surface area contributed by atoms with Crippen molar-refractivity contribution in [3.8, 4) is 0 Å². The molecule has 1 N–H and O–H groups in total. The third-order valence-electron chi connectivity index (χ3n) is 1.47. The Kier molecular flexibility index (Phi) is 3.60. The molecule has 0 aliphatic rings. The standard InChI is InChI=1S/C8H7BrF2O2S/c9-6-2-1-5(14-6)3-8(10,11)4-7(12)13/h1-2H,3-4H2,(H,12,13). The topological polar surface area (TPSA) is 37.3 Å². The van der Waals surface area contributed by atoms with Gasteiger partial charge in [-0.05, 0) is 28.1 Å². The lowest BCUT2D eigenvalue weighted by molar-refractivity contribution is -0.144. The van der Waals surface area contributed by atoms with E-state index in [9.17, 15) is 13.6 Å². The van der Waals surface area contributed by atoms with Crippen LogP contribution in [0.1, 0.15) is 11.3 Å². The first-order valence-electron chi connectivity index (χ1n) is 3.73. The first-order chi connectivity index (χ1) is 6.39. The highest BCUT2D eigenvalue weighted by Gasteiger charge is 2.32. The van der Waals surface area contributed by atoms with Crippen LogP contribution in [-0.2, 0) is 11.2 Å². The van der Waals surface area contributed by atoms with E-state index in [1.54, 1.807) is 12.1 Å². The zero-order chi connectivity index (χ0) is 10.8. The summed E-state index contributed by atoms with van der Waals surface area (Å²) in [4.78, 5) is 10.6. The summed E-state index contributed by atoms with van der Waals surface area (Å²) in [5.74, 6) is -4.65. The summed E-state index contributed by atoms with van der Waals surface area (Å²) in [5.41, 5.74) is 0. The molecule has 0 saturated heterocycles. The zero-order valence-corrected chi connectivity index (χ0v) is 9.37. The fourth-order valence-electron chi connectivity index (χ4n) is 0.985. The maximum Gasteiger partial charge on any atom is 0.309 e. The van der Waals surface area contributed by atoms with Gasteiger partial charge in [0, 0.05) is 11.3 Å². The van der Waals surface area contributed by atoms with Crippen LogP contribution in [0.3, 0.4) is 0 Å². The summed E-state index contributed by atoms with van der Waals surface area (Å²) < 4.78 is 26.7. The van der Waals surface area contributed by atoms with Gasteiger partial charge < -0.3 is 5.11 Å². The Hall–Kier alpha value is -0.490. The van der Waals surface area contributed by atoms with Gasteiger partial charge >= 0.3 is 5.97 Å². The highest BCUT2D eigenvalue weighted by molar-refractivity contribution is 9.11. The lowest BCUT2D eigenvalue weighted by Gasteiger charge is -2.11. The molecule has 0 amide bonds. The van der Waals surface area contributed by atoms with E-state index in [0.29, 0.717) is 4.88 Å². The van der Waals surface area contributed by atoms with E-state index in [1.165, 1.54) is 11.3 Å². The summed E-state index contributed by atoms with van der Waals surface area (Å²) in [7, 11) is 0. The first-order valence-corrected chi connectivity index (χ1v) is 5.34. The largest absolute Gasteiger partial charge is 0.481 e. The van der Waals surface area contributed by atoms with Crippen LogP contribution < -0.4 is 0 Å². The minimum Gasteiger partial charge on any atom is -0.481 e. The molecule has 2 nitrogen and oxygen atoms in total. The van der Waals surface area contributed by atoms with Crippen molar-refractivity contribution >= 4 is 33.2 Å². The van der Waals surface area contributed by atoms with Crippen molar-refractivity contribution in [2.75, 3.05) is 0 Å². The molecule has 78 valence electrons. The Morgan fingerprint density at radius 2 is 2.21 bits per heavy atom. The Bertz CT molecular complexity index is 338. The van der Waals surface area contributed by atoms with E-state index in [1.807, 2.05) is 0 Å². The molecule has 1 aromatic heterocycles. The molecule has 0 aliphatic heterocycles. The molecular formula is C8H7BrF2O2S. The summed E-state index contributed by atoms with van der Waals surface area (Å²) in [6.45, 7) is 0. The van der Waals surface area contributed by atoms with Crippen LogP contribution in [0, 0.1) is 0 Å². The van der Waals surface area contributed by atoms with Crippen molar-refractivity contribution in [2.24, 2.45) is 0 Å². The minimum atomic E-state index is -3.17. The maximum absolute atomic E-state index is 13.0. The second-order valence-electron chi connectivity index (χ2n) is 2.81. The summed E-state index contributed by atoms with van der Waals surface area (Å²) in [6.07, 6.45) is -1.64. The van der Waals surface area contributed by atoms with Crippen LogP contribution >= 0.6 is 27.3 Å². The number of thiophene rings is 1. The van der Waals surface area contributed by atoms with E-state index in [-0.39, 0.29) is 0 Å². The number of carboxylic acids is 1. The molecule has 0 aliphatic carbocycles. The normalized spacial score (nSPS) is 11.6. The predicted octanol–water partition coefficient (Wildman–Crippen LogP) is 3.16. The van der Waals surface area contributed by atoms with Crippen LogP contribution in [0.15, 0.2) is 15.9 Å². The Balaban J connectivity index is 2.63. The fraction of sp³-hybridized carbons (Fsp3) is 0.375. The molecule has 0 atom stereocenters. The summed E-state index contributed by atoms with van der Waals surface area (Å²) >= 11 is 4.33. The molecule has 1 aromatic rings. The van der Waals surface area contributed by atoms with Crippen molar-refractivity contribution in [3.63, 3.8) is 0 Å². The van der Waals surface area contributed by atoms with E-state index in [4.69, 9.17) is 5.11 Å². The molecule has 0 aromatic carbocycles. The number of carboxylic acid groups (broad SMARTS) is 1. The monoisotopic (exact) mass is 284 g/mol. The molecule has 0 fully saturated rings. The number of aliphatic carboxylic acids is 1. The first kappa shape index (κ1) is 11.6. The van der Waals surface area contributed by atoms with Gasteiger partial charge in [0.2, 0.25) is 0 Å². The number of carbonyl (C=O) groups is 1. The zero-order valence-electron chi connectivity index (χ0n) is 6.97. The van der Waals surface area contributed by atoms with Crippen LogP contribution in [-0.4, -0.2) is 17.0 Å². The third-order valence-corrected chi connectivity index (χ3v) is 3.10. The van der Waals surface area contributed by atoms with Crippen molar-refractivity contribution < 1.29 is 18.7 Å². The average molecular weight is 285 g/mol. The number of rotatable bonds is 4. The number of hydrogen-bond donors (Lipinski definition) is 1. The van der Waals surface area contributed by atoms with Gasteiger partial charge in [0.05, 0.1) is 3.79 Å². The van der Waals surface area contributed by atoms with Gasteiger partial charge in [-0.3, -0.25) is 4.79 Å². The number of halogens is 3. The lowest BCUT2D eigenvalue weighted by Crippen LogP contribution is -2.23. The van der Waals surface area contributed by atoms with Gasteiger partial charge in [-0.15, -0.1) is 11.3 Å². The van der Waals surface area contributed by atoms with Crippen molar-refractivity contribution in [3.05, 3.63) is 20.8 Å². The van der Waals surface area contributed by atoms with E-state index in [2.05, 4.69) is 15.9 Å². The SMILES string of the molecule is O=C(O)CC(F)(F)Cc1ccc(Br)s1. The van der Waals surface area contributed by atoms with Crippen LogP contribution in [0.4, 0.5) is 8.78 Å². The van der Waals surface area contributed by atoms with Crippen molar-refractivity contribution in [1.82, 2.24) is 0 Å². The van der Waals surface area contributed by atoms with Gasteiger partial charge in [-0.2, -0.15) is 0 Å². The highest BCUT2D eigenvalue weighted by Crippen LogP contribution is 2.29. The fourth-order valence-corrected chi connectivity index (χ4v) is 2.55. The Labute approximate surface area is 91.7 Å². The summed E-state index contributed by atoms with van der Waals surface area (Å²) in [5, 5.41) is 8.25. The molecule has 14 heavy (non-hydrogen) atoms. The quantitative estimate of drug-likeness (QED) is 0.922. The maximum atomic E-state index is 13.0. The minimum absolute atomic E-state index is 0.475. The molecule has 0 saturated carbocycles. The summed E-state index contributed by atoms with van der Waals surface area (Å²) in [6, 6.07) is 3.22. The second-order valence-corrected chi connectivity index (χ2v) is 5.36. The van der Waals surface area contributed by atoms with E-state index < -0.39 is 24.7 Å². The highest BCUT2D eigenvalue weighted by atomic mass is 79.9. The molecule has 6 heteroatoms. The molecule has 0 spiro atoms. The molecule has 0 radical (unpaired) electrons. The van der Waals surface area contributed by atoms with Crippen LogP contribution in [0.25, 0.3) is 0 Å². The molecule has 1 rings (SSSR count). The van der Waals surface area contributed by atoms with Gasteiger partial charge in [-0.1, -0.05) is 0 Å². The van der Waals surface area contributed by atoms with Crippen LogP contribution in [0.5, 0.6) is 0 Å². The van der Waals surface area contributed by atoms with E-state index >= 15 is 0 Å². The number of hydrogen-bond acceptors (Lipinski definition) is 2. The lowest BCUT2D eigenvalue weighted by atomic mass is 10.1. The Morgan fingerprint density at radius 3 is 2.64 bits per heavy atom. The van der Waals surface area contributed by atoms with Crippen molar-refractivity contribution in [2.45, 2.75) is 18.8 Å². The third kappa shape index (κ3) is 3.71. The molecule has 1 heterocycles. The Morgan fingerprint density at radius 1 is 1.57 bits per heavy atom.